The molecule has 1 atom stereocenters. The molecular weight excluding hydrogens is 200 g/mol. The maximum Gasteiger partial charge on any atom is 0.320 e. The standard InChI is InChI=1S/C9H14N2O2S/c1-6(9(12)13)10-4-3-8-5-14-7(2)11-8/h5-6,10H,3-4H2,1-2H3,(H,12,13). The molecule has 1 aromatic heterocycles. The van der Waals surface area contributed by atoms with Crippen LogP contribution in [0.1, 0.15) is 17.6 Å². The molecule has 0 amide bonds. The van der Waals surface area contributed by atoms with E-state index in [1.54, 1.807) is 18.3 Å². The second-order valence-corrected chi connectivity index (χ2v) is 4.18. The highest BCUT2D eigenvalue weighted by atomic mass is 32.1. The summed E-state index contributed by atoms with van der Waals surface area (Å²) in [7, 11) is 0. The van der Waals surface area contributed by atoms with Gasteiger partial charge >= 0.3 is 5.97 Å². The summed E-state index contributed by atoms with van der Waals surface area (Å²) in [5.74, 6) is -0.820. The van der Waals surface area contributed by atoms with Crippen LogP contribution in [0.25, 0.3) is 0 Å². The maximum atomic E-state index is 10.5. The lowest BCUT2D eigenvalue weighted by Crippen LogP contribution is -2.35. The molecule has 0 radical (unpaired) electrons. The van der Waals surface area contributed by atoms with Gasteiger partial charge < -0.3 is 10.4 Å². The highest BCUT2D eigenvalue weighted by Gasteiger charge is 2.08. The van der Waals surface area contributed by atoms with Crippen molar-refractivity contribution in [1.29, 1.82) is 0 Å². The molecule has 0 aliphatic heterocycles. The predicted octanol–water partition coefficient (Wildman–Crippen LogP) is 1.06. The van der Waals surface area contributed by atoms with Gasteiger partial charge in [0.25, 0.3) is 0 Å². The van der Waals surface area contributed by atoms with Gasteiger partial charge in [-0.1, -0.05) is 0 Å². The van der Waals surface area contributed by atoms with Crippen LogP contribution in [-0.4, -0.2) is 28.6 Å². The third-order valence-corrected chi connectivity index (χ3v) is 2.69. The SMILES string of the molecule is Cc1nc(CCNC(C)C(=O)O)cs1. The minimum atomic E-state index is -0.820. The first-order chi connectivity index (χ1) is 6.59. The smallest absolute Gasteiger partial charge is 0.320 e. The van der Waals surface area contributed by atoms with E-state index in [9.17, 15) is 4.79 Å². The average molecular weight is 214 g/mol. The number of carboxylic acids is 1. The van der Waals surface area contributed by atoms with Crippen LogP contribution in [0.4, 0.5) is 0 Å². The minimum absolute atomic E-state index is 0.491. The number of aryl methyl sites for hydroxylation is 1. The van der Waals surface area contributed by atoms with Crippen molar-refractivity contribution >= 4 is 17.3 Å². The first-order valence-electron chi connectivity index (χ1n) is 4.47. The molecule has 0 aromatic carbocycles. The summed E-state index contributed by atoms with van der Waals surface area (Å²) in [5.41, 5.74) is 1.03. The molecule has 0 saturated carbocycles. The number of carboxylic acid groups (broad SMARTS) is 1. The number of aromatic nitrogens is 1. The Balaban J connectivity index is 2.25. The first-order valence-corrected chi connectivity index (χ1v) is 5.34. The van der Waals surface area contributed by atoms with Crippen molar-refractivity contribution in [2.75, 3.05) is 6.54 Å². The van der Waals surface area contributed by atoms with Gasteiger partial charge in [-0.15, -0.1) is 11.3 Å². The Bertz CT molecular complexity index is 312. The van der Waals surface area contributed by atoms with Gasteiger partial charge in [0.2, 0.25) is 0 Å². The van der Waals surface area contributed by atoms with Crippen LogP contribution in [0, 0.1) is 6.92 Å². The maximum absolute atomic E-state index is 10.5. The summed E-state index contributed by atoms with van der Waals surface area (Å²) in [6.45, 7) is 4.24. The third-order valence-electron chi connectivity index (χ3n) is 1.87. The Kier molecular flexibility index (Phi) is 4.03. The molecule has 4 nitrogen and oxygen atoms in total. The topological polar surface area (TPSA) is 62.2 Å². The van der Waals surface area contributed by atoms with Gasteiger partial charge in [0.15, 0.2) is 0 Å². The van der Waals surface area contributed by atoms with Crippen LogP contribution in [0.5, 0.6) is 0 Å². The fourth-order valence-corrected chi connectivity index (χ4v) is 1.67. The molecule has 0 aliphatic rings. The van der Waals surface area contributed by atoms with Crippen LogP contribution in [0.15, 0.2) is 5.38 Å². The van der Waals surface area contributed by atoms with Crippen LogP contribution in [0.3, 0.4) is 0 Å². The van der Waals surface area contributed by atoms with E-state index in [0.29, 0.717) is 6.54 Å². The summed E-state index contributed by atoms with van der Waals surface area (Å²) in [6.07, 6.45) is 0.780. The zero-order chi connectivity index (χ0) is 10.6. The number of aliphatic carboxylic acids is 1. The number of nitrogens with zero attached hydrogens (tertiary/aromatic N) is 1. The van der Waals surface area contributed by atoms with Gasteiger partial charge in [-0.05, 0) is 13.8 Å². The van der Waals surface area contributed by atoms with Crippen molar-refractivity contribution in [3.8, 4) is 0 Å². The van der Waals surface area contributed by atoms with E-state index >= 15 is 0 Å². The molecule has 0 saturated heterocycles. The molecule has 1 rings (SSSR count). The van der Waals surface area contributed by atoms with Crippen LogP contribution >= 0.6 is 11.3 Å². The molecule has 14 heavy (non-hydrogen) atoms. The fourth-order valence-electron chi connectivity index (χ4n) is 1.03. The Morgan fingerprint density at radius 3 is 3.00 bits per heavy atom. The zero-order valence-corrected chi connectivity index (χ0v) is 9.10. The molecule has 2 N–H and O–H groups in total. The van der Waals surface area contributed by atoms with Crippen LogP contribution < -0.4 is 5.32 Å². The van der Waals surface area contributed by atoms with Crippen molar-refractivity contribution in [3.05, 3.63) is 16.1 Å². The number of rotatable bonds is 5. The molecule has 0 bridgehead atoms. The summed E-state index contributed by atoms with van der Waals surface area (Å²) in [6, 6.07) is -0.491. The highest BCUT2D eigenvalue weighted by Crippen LogP contribution is 2.07. The van der Waals surface area contributed by atoms with Crippen molar-refractivity contribution in [3.63, 3.8) is 0 Å². The lowest BCUT2D eigenvalue weighted by molar-refractivity contribution is -0.138. The molecule has 5 heteroatoms. The second kappa shape index (κ2) is 5.07. The van der Waals surface area contributed by atoms with E-state index in [1.807, 2.05) is 12.3 Å². The average Bonchev–Trinajstić information content (AvgIpc) is 2.51. The van der Waals surface area contributed by atoms with E-state index in [0.717, 1.165) is 17.1 Å². The Morgan fingerprint density at radius 2 is 2.50 bits per heavy atom. The Hall–Kier alpha value is -0.940. The lowest BCUT2D eigenvalue weighted by atomic mass is 10.3. The van der Waals surface area contributed by atoms with Gasteiger partial charge in [-0.3, -0.25) is 4.79 Å². The van der Waals surface area contributed by atoms with Crippen LogP contribution in [-0.2, 0) is 11.2 Å². The van der Waals surface area contributed by atoms with E-state index in [4.69, 9.17) is 5.11 Å². The molecule has 0 fully saturated rings. The normalized spacial score (nSPS) is 12.7. The number of nitrogens with one attached hydrogen (secondary N) is 1. The van der Waals surface area contributed by atoms with Gasteiger partial charge in [0, 0.05) is 18.3 Å². The van der Waals surface area contributed by atoms with Gasteiger partial charge in [0.1, 0.15) is 6.04 Å². The predicted molar refractivity (Wildman–Crippen MR) is 55.7 cm³/mol. The van der Waals surface area contributed by atoms with Crippen molar-refractivity contribution in [2.24, 2.45) is 0 Å². The summed E-state index contributed by atoms with van der Waals surface area (Å²) < 4.78 is 0. The van der Waals surface area contributed by atoms with Gasteiger partial charge in [-0.25, -0.2) is 4.98 Å². The molecule has 0 spiro atoms. The highest BCUT2D eigenvalue weighted by molar-refractivity contribution is 7.09. The van der Waals surface area contributed by atoms with Gasteiger partial charge in [0.05, 0.1) is 10.7 Å². The monoisotopic (exact) mass is 214 g/mol. The van der Waals surface area contributed by atoms with E-state index in [1.165, 1.54) is 0 Å². The zero-order valence-electron chi connectivity index (χ0n) is 8.28. The number of thiazole rings is 1. The third kappa shape index (κ3) is 3.43. The molecule has 0 aliphatic carbocycles. The Labute approximate surface area is 87.0 Å². The largest absolute Gasteiger partial charge is 0.480 e. The second-order valence-electron chi connectivity index (χ2n) is 3.12. The molecular formula is C9H14N2O2S. The number of hydrogen-bond donors (Lipinski definition) is 2. The van der Waals surface area contributed by atoms with Crippen LogP contribution in [0.2, 0.25) is 0 Å². The van der Waals surface area contributed by atoms with Crippen molar-refractivity contribution in [1.82, 2.24) is 10.3 Å². The number of carbonyl (C=O) groups is 1. The summed E-state index contributed by atoms with van der Waals surface area (Å²) in [5, 5.41) is 14.6. The van der Waals surface area contributed by atoms with E-state index in [-0.39, 0.29) is 0 Å². The molecule has 1 aromatic rings. The van der Waals surface area contributed by atoms with Gasteiger partial charge in [-0.2, -0.15) is 0 Å². The Morgan fingerprint density at radius 1 is 1.79 bits per heavy atom. The van der Waals surface area contributed by atoms with Crippen molar-refractivity contribution in [2.45, 2.75) is 26.3 Å². The molecule has 1 unspecified atom stereocenters. The first kappa shape index (κ1) is 11.1. The molecule has 78 valence electrons. The van der Waals surface area contributed by atoms with E-state index < -0.39 is 12.0 Å². The van der Waals surface area contributed by atoms with Crippen molar-refractivity contribution < 1.29 is 9.90 Å². The number of hydrogen-bond acceptors (Lipinski definition) is 4. The summed E-state index contributed by atoms with van der Waals surface area (Å²) >= 11 is 1.61. The summed E-state index contributed by atoms with van der Waals surface area (Å²) in [4.78, 5) is 14.8. The quantitative estimate of drug-likeness (QED) is 0.769. The minimum Gasteiger partial charge on any atom is -0.480 e. The lowest BCUT2D eigenvalue weighted by Gasteiger charge is -2.07. The fraction of sp³-hybridized carbons (Fsp3) is 0.556. The molecule has 1 heterocycles. The van der Waals surface area contributed by atoms with E-state index in [2.05, 4.69) is 10.3 Å².